The Kier molecular flexibility index (Phi) is 7.67. The van der Waals surface area contributed by atoms with Crippen LogP contribution in [0, 0.1) is 0 Å². The fraction of sp³-hybridized carbons (Fsp3) is 0.467. The normalized spacial score (nSPS) is 15.7. The number of carbonyl (C=O) groups excluding carboxylic acids is 1. The van der Waals surface area contributed by atoms with Crippen molar-refractivity contribution in [3.05, 3.63) is 17.5 Å². The van der Waals surface area contributed by atoms with Crippen molar-refractivity contribution in [2.45, 2.75) is 6.43 Å². The zero-order chi connectivity index (χ0) is 19.6. The van der Waals surface area contributed by atoms with Crippen LogP contribution in [0.15, 0.2) is 21.2 Å². The number of aromatic nitrogens is 2. The van der Waals surface area contributed by atoms with Crippen LogP contribution in [0.25, 0.3) is 0 Å². The second-order valence-corrected chi connectivity index (χ2v) is 5.27. The Bertz CT molecular complexity index is 720. The van der Waals surface area contributed by atoms with Crippen LogP contribution in [0.2, 0.25) is 0 Å². The summed E-state index contributed by atoms with van der Waals surface area (Å²) in [6.07, 6.45) is -1.25. The van der Waals surface area contributed by atoms with E-state index in [1.54, 1.807) is 4.90 Å². The number of nitrogens with two attached hydrogens (primary N) is 1. The van der Waals surface area contributed by atoms with Crippen LogP contribution >= 0.6 is 0 Å². The van der Waals surface area contributed by atoms with Gasteiger partial charge in [0, 0.05) is 25.8 Å². The maximum atomic E-state index is 13.4. The molecule has 12 heteroatoms. The fourth-order valence-electron chi connectivity index (χ4n) is 2.28. The number of nitrogen functional groups attached to an aromatic ring is 1. The van der Waals surface area contributed by atoms with E-state index in [9.17, 15) is 13.6 Å². The van der Waals surface area contributed by atoms with Crippen LogP contribution in [0.3, 0.4) is 0 Å². The number of nitrogens with one attached hydrogen (secondary N) is 1. The summed E-state index contributed by atoms with van der Waals surface area (Å²) in [7, 11) is 0. The van der Waals surface area contributed by atoms with Crippen LogP contribution in [-0.2, 0) is 9.53 Å². The molecular formula is C15H20F2N8O2. The number of nitrogens with zero attached hydrogens (tertiary/aromatic N) is 6. The molecule has 0 atom stereocenters. The highest BCUT2D eigenvalue weighted by atomic mass is 19.3. The van der Waals surface area contributed by atoms with Gasteiger partial charge in [-0.05, 0) is 6.72 Å². The predicted octanol–water partition coefficient (Wildman–Crippen LogP) is -0.122. The van der Waals surface area contributed by atoms with E-state index in [0.717, 1.165) is 6.20 Å². The highest BCUT2D eigenvalue weighted by Gasteiger charge is 2.22. The number of hydrogen-bond acceptors (Lipinski definition) is 6. The zero-order valence-corrected chi connectivity index (χ0v) is 14.5. The van der Waals surface area contributed by atoms with Crippen LogP contribution < -0.4 is 11.1 Å². The summed E-state index contributed by atoms with van der Waals surface area (Å²) >= 11 is 0. The van der Waals surface area contributed by atoms with Crippen molar-refractivity contribution in [3.63, 3.8) is 0 Å². The minimum Gasteiger partial charge on any atom is -0.378 e. The number of morpholine rings is 1. The molecule has 1 aliphatic rings. The molecule has 27 heavy (non-hydrogen) atoms. The van der Waals surface area contributed by atoms with Gasteiger partial charge in [-0.2, -0.15) is 4.99 Å². The molecule has 1 aromatic rings. The molecule has 0 aromatic carbocycles. The standard InChI is InChI=1S/C15H20F2N8O2/c1-19-15(25-4-6-27-7-5-25)24-13(21-3-2-20-9-26)10-8-22-14(18)23-11(10)12(16)17/h8-9,12H,1-7H2,(H,20,26)(H2,18,22,23). The first-order chi connectivity index (χ1) is 13.1. The number of halogens is 2. The molecular weight excluding hydrogens is 362 g/mol. The number of anilines is 1. The highest BCUT2D eigenvalue weighted by molar-refractivity contribution is 6.07. The Labute approximate surface area is 154 Å². The molecule has 0 aliphatic carbocycles. The largest absolute Gasteiger partial charge is 0.378 e. The average molecular weight is 382 g/mol. The summed E-state index contributed by atoms with van der Waals surface area (Å²) in [6.45, 7) is 5.82. The molecule has 0 spiro atoms. The lowest BCUT2D eigenvalue weighted by Crippen LogP contribution is -2.40. The van der Waals surface area contributed by atoms with Gasteiger partial charge in [0.05, 0.1) is 25.3 Å². The fourth-order valence-corrected chi connectivity index (χ4v) is 2.28. The third-order valence-corrected chi connectivity index (χ3v) is 3.53. The van der Waals surface area contributed by atoms with Gasteiger partial charge in [-0.15, -0.1) is 0 Å². The van der Waals surface area contributed by atoms with Crippen molar-refractivity contribution in [2.24, 2.45) is 15.0 Å². The summed E-state index contributed by atoms with van der Waals surface area (Å²) in [4.78, 5) is 31.9. The lowest BCUT2D eigenvalue weighted by molar-refractivity contribution is -0.109. The number of amidine groups is 1. The number of guanidine groups is 1. The van der Waals surface area contributed by atoms with Crippen molar-refractivity contribution in [1.29, 1.82) is 0 Å². The molecule has 0 saturated carbocycles. The number of hydrogen-bond donors (Lipinski definition) is 2. The third-order valence-electron chi connectivity index (χ3n) is 3.53. The molecule has 2 heterocycles. The molecule has 0 unspecified atom stereocenters. The van der Waals surface area contributed by atoms with E-state index in [1.807, 2.05) is 0 Å². The summed E-state index contributed by atoms with van der Waals surface area (Å²) in [6, 6.07) is 0. The van der Waals surface area contributed by atoms with E-state index in [0.29, 0.717) is 32.7 Å². The van der Waals surface area contributed by atoms with Gasteiger partial charge >= 0.3 is 0 Å². The molecule has 1 saturated heterocycles. The van der Waals surface area contributed by atoms with E-state index >= 15 is 0 Å². The Morgan fingerprint density at radius 2 is 2.22 bits per heavy atom. The Morgan fingerprint density at radius 3 is 2.85 bits per heavy atom. The maximum absolute atomic E-state index is 13.4. The second-order valence-electron chi connectivity index (χ2n) is 5.27. The van der Waals surface area contributed by atoms with Gasteiger partial charge in [0.25, 0.3) is 6.43 Å². The summed E-state index contributed by atoms with van der Waals surface area (Å²) in [5, 5.41) is 2.43. The van der Waals surface area contributed by atoms with Gasteiger partial charge in [-0.1, -0.05) is 0 Å². The summed E-state index contributed by atoms with van der Waals surface area (Å²) in [5.74, 6) is -0.112. The minimum absolute atomic E-state index is 0.0492. The smallest absolute Gasteiger partial charge is 0.281 e. The molecule has 0 bridgehead atoms. The van der Waals surface area contributed by atoms with E-state index in [1.165, 1.54) is 0 Å². The Morgan fingerprint density at radius 1 is 1.48 bits per heavy atom. The number of aliphatic imine (C=N–C) groups is 3. The van der Waals surface area contributed by atoms with Gasteiger partial charge in [0.1, 0.15) is 5.69 Å². The molecule has 1 aromatic heterocycles. The van der Waals surface area contributed by atoms with Crippen molar-refractivity contribution in [1.82, 2.24) is 20.2 Å². The quantitative estimate of drug-likeness (QED) is 0.305. The number of rotatable bonds is 6. The molecule has 0 radical (unpaired) electrons. The van der Waals surface area contributed by atoms with Crippen LogP contribution in [0.1, 0.15) is 17.7 Å². The first-order valence-electron chi connectivity index (χ1n) is 8.07. The SMILES string of the molecule is C=NC(=NC(=NCCNC=O)c1cnc(N)nc1C(F)F)N1CCOCC1. The van der Waals surface area contributed by atoms with Crippen LogP contribution in [0.5, 0.6) is 0 Å². The second kappa shape index (κ2) is 10.2. The van der Waals surface area contributed by atoms with E-state index in [-0.39, 0.29) is 36.4 Å². The van der Waals surface area contributed by atoms with Gasteiger partial charge in [-0.25, -0.2) is 23.7 Å². The number of ether oxygens (including phenoxy) is 1. The predicted molar refractivity (Wildman–Crippen MR) is 96.2 cm³/mol. The molecule has 146 valence electrons. The molecule has 10 nitrogen and oxygen atoms in total. The Hall–Kier alpha value is -3.02. The summed E-state index contributed by atoms with van der Waals surface area (Å²) in [5.41, 5.74) is 4.76. The highest BCUT2D eigenvalue weighted by Crippen LogP contribution is 2.22. The van der Waals surface area contributed by atoms with E-state index < -0.39 is 12.1 Å². The molecule has 3 N–H and O–H groups in total. The summed E-state index contributed by atoms with van der Waals surface area (Å²) < 4.78 is 32.1. The first kappa shape index (κ1) is 20.3. The molecule has 1 fully saturated rings. The van der Waals surface area contributed by atoms with Gasteiger partial charge < -0.3 is 20.7 Å². The first-order valence-corrected chi connectivity index (χ1v) is 8.07. The van der Waals surface area contributed by atoms with Crippen molar-refractivity contribution in [2.75, 3.05) is 45.1 Å². The molecule has 1 amide bonds. The number of alkyl halides is 2. The molecule has 1 aliphatic heterocycles. The topological polar surface area (TPSA) is 130 Å². The molecule has 2 rings (SSSR count). The Balaban J connectivity index is 2.43. The maximum Gasteiger partial charge on any atom is 0.281 e. The van der Waals surface area contributed by atoms with Gasteiger partial charge in [0.15, 0.2) is 5.84 Å². The van der Waals surface area contributed by atoms with Crippen molar-refractivity contribution < 1.29 is 18.3 Å². The monoisotopic (exact) mass is 382 g/mol. The number of amides is 1. The van der Waals surface area contributed by atoms with Gasteiger partial charge in [0.2, 0.25) is 18.3 Å². The number of carbonyl (C=O) groups is 1. The van der Waals surface area contributed by atoms with E-state index in [2.05, 4.69) is 37.0 Å². The lowest BCUT2D eigenvalue weighted by atomic mass is 10.2. The van der Waals surface area contributed by atoms with Crippen molar-refractivity contribution in [3.8, 4) is 0 Å². The lowest BCUT2D eigenvalue weighted by Gasteiger charge is -2.27. The van der Waals surface area contributed by atoms with E-state index in [4.69, 9.17) is 10.5 Å². The van der Waals surface area contributed by atoms with Crippen LogP contribution in [-0.4, -0.2) is 79.2 Å². The van der Waals surface area contributed by atoms with Crippen LogP contribution in [0.4, 0.5) is 14.7 Å². The zero-order valence-electron chi connectivity index (χ0n) is 14.5. The third kappa shape index (κ3) is 5.74. The van der Waals surface area contributed by atoms with Gasteiger partial charge in [-0.3, -0.25) is 9.79 Å². The minimum atomic E-state index is -2.90. The average Bonchev–Trinajstić information content (AvgIpc) is 2.68. The van der Waals surface area contributed by atoms with Crippen molar-refractivity contribution >= 4 is 30.9 Å².